The molecule has 0 unspecified atom stereocenters. The number of carbonyl (C=O) groups excluding carboxylic acids is 1. The maximum atomic E-state index is 13.4. The van der Waals surface area contributed by atoms with E-state index in [0.29, 0.717) is 42.6 Å². The quantitative estimate of drug-likeness (QED) is 0.547. The molecule has 2 aromatic carbocycles. The first-order valence-electron chi connectivity index (χ1n) is 10.3. The Hall–Kier alpha value is -2.89. The third-order valence-electron chi connectivity index (χ3n) is 5.46. The van der Waals surface area contributed by atoms with Crippen molar-refractivity contribution in [2.45, 2.75) is 36.9 Å². The second-order valence-electron chi connectivity index (χ2n) is 7.58. The lowest BCUT2D eigenvalue weighted by Gasteiger charge is -2.23. The fourth-order valence-electron chi connectivity index (χ4n) is 3.83. The molecule has 1 amide bonds. The average molecular weight is 462 g/mol. The van der Waals surface area contributed by atoms with Crippen molar-refractivity contribution in [3.63, 3.8) is 0 Å². The van der Waals surface area contributed by atoms with Crippen molar-refractivity contribution < 1.29 is 22.3 Å². The van der Waals surface area contributed by atoms with Crippen LogP contribution in [0.1, 0.15) is 18.4 Å². The standard InChI is InChI=1S/C21H24FN5O4S/c1-31-11-10-26-19-8-7-17(13-18(19)24-25-26)32(29,30)27-9-3-6-20(27)21(28)23-14-15-4-2-5-16(22)12-15/h2,4-5,7-8,12-13,20H,3,6,9-11,14H2,1H3,(H,23,28)/t20-/m1/s1. The number of benzene rings is 2. The van der Waals surface area contributed by atoms with Gasteiger partial charge in [0.2, 0.25) is 15.9 Å². The van der Waals surface area contributed by atoms with Crippen molar-refractivity contribution in [1.82, 2.24) is 24.6 Å². The summed E-state index contributed by atoms with van der Waals surface area (Å²) in [6, 6.07) is 9.73. The number of carbonyl (C=O) groups is 1. The lowest BCUT2D eigenvalue weighted by atomic mass is 10.2. The normalized spacial score (nSPS) is 17.1. The summed E-state index contributed by atoms with van der Waals surface area (Å²) in [4.78, 5) is 12.8. The molecular formula is C21H24FN5O4S. The zero-order valence-corrected chi connectivity index (χ0v) is 18.4. The first-order chi connectivity index (χ1) is 15.4. The highest BCUT2D eigenvalue weighted by molar-refractivity contribution is 7.89. The highest BCUT2D eigenvalue weighted by Crippen LogP contribution is 2.28. The van der Waals surface area contributed by atoms with Gasteiger partial charge >= 0.3 is 0 Å². The predicted octanol–water partition coefficient (Wildman–Crippen LogP) is 1.69. The van der Waals surface area contributed by atoms with Crippen LogP contribution in [-0.2, 0) is 32.6 Å². The summed E-state index contributed by atoms with van der Waals surface area (Å²) in [5, 5.41) is 10.8. The van der Waals surface area contributed by atoms with E-state index in [2.05, 4.69) is 15.6 Å². The Morgan fingerprint density at radius 1 is 1.28 bits per heavy atom. The fourth-order valence-corrected chi connectivity index (χ4v) is 5.51. The Kier molecular flexibility index (Phi) is 6.49. The Balaban J connectivity index is 1.51. The number of ether oxygens (including phenoxy) is 1. The van der Waals surface area contributed by atoms with E-state index in [1.54, 1.807) is 30.0 Å². The van der Waals surface area contributed by atoms with Gasteiger partial charge in [-0.15, -0.1) is 5.10 Å². The van der Waals surface area contributed by atoms with Crippen molar-refractivity contribution >= 4 is 27.0 Å². The van der Waals surface area contributed by atoms with Crippen LogP contribution in [0.4, 0.5) is 4.39 Å². The van der Waals surface area contributed by atoms with E-state index in [9.17, 15) is 17.6 Å². The van der Waals surface area contributed by atoms with E-state index in [0.717, 1.165) is 0 Å². The first kappa shape index (κ1) is 22.3. The van der Waals surface area contributed by atoms with Crippen LogP contribution >= 0.6 is 0 Å². The second kappa shape index (κ2) is 9.31. The maximum absolute atomic E-state index is 13.4. The number of hydrogen-bond acceptors (Lipinski definition) is 6. The number of fused-ring (bicyclic) bond motifs is 1. The maximum Gasteiger partial charge on any atom is 0.243 e. The Morgan fingerprint density at radius 2 is 2.12 bits per heavy atom. The van der Waals surface area contributed by atoms with E-state index in [4.69, 9.17) is 4.74 Å². The van der Waals surface area contributed by atoms with E-state index in [-0.39, 0.29) is 18.0 Å². The molecule has 11 heteroatoms. The SMILES string of the molecule is COCCn1nnc2cc(S(=O)(=O)N3CCC[C@@H]3C(=O)NCc3cccc(F)c3)ccc21. The first-order valence-corrected chi connectivity index (χ1v) is 11.7. The lowest BCUT2D eigenvalue weighted by Crippen LogP contribution is -2.45. The van der Waals surface area contributed by atoms with E-state index < -0.39 is 27.8 Å². The van der Waals surface area contributed by atoms with Crippen LogP contribution in [0.25, 0.3) is 11.0 Å². The average Bonchev–Trinajstić information content (AvgIpc) is 3.43. The number of halogens is 1. The van der Waals surface area contributed by atoms with Gasteiger partial charge in [-0.2, -0.15) is 4.31 Å². The summed E-state index contributed by atoms with van der Waals surface area (Å²) in [7, 11) is -2.32. The number of methoxy groups -OCH3 is 1. The zero-order valence-electron chi connectivity index (χ0n) is 17.6. The smallest absolute Gasteiger partial charge is 0.243 e. The molecule has 0 saturated carbocycles. The van der Waals surface area contributed by atoms with Crippen LogP contribution in [0.5, 0.6) is 0 Å². The molecule has 2 heterocycles. The summed E-state index contributed by atoms with van der Waals surface area (Å²) in [5.41, 5.74) is 1.76. The molecule has 1 fully saturated rings. The molecule has 1 aliphatic heterocycles. The van der Waals surface area contributed by atoms with Gasteiger partial charge in [-0.25, -0.2) is 17.5 Å². The largest absolute Gasteiger partial charge is 0.383 e. The number of amides is 1. The van der Waals surface area contributed by atoms with Gasteiger partial charge in [-0.1, -0.05) is 17.3 Å². The monoisotopic (exact) mass is 461 g/mol. The lowest BCUT2D eigenvalue weighted by molar-refractivity contribution is -0.124. The van der Waals surface area contributed by atoms with Gasteiger partial charge in [0, 0.05) is 20.2 Å². The van der Waals surface area contributed by atoms with Gasteiger partial charge in [0.25, 0.3) is 0 Å². The Labute approximate surface area is 185 Å². The van der Waals surface area contributed by atoms with Gasteiger partial charge in [-0.05, 0) is 48.7 Å². The van der Waals surface area contributed by atoms with Crippen LogP contribution in [-0.4, -0.2) is 59.9 Å². The molecule has 1 atom stereocenters. The minimum absolute atomic E-state index is 0.0635. The number of hydrogen-bond donors (Lipinski definition) is 1. The van der Waals surface area contributed by atoms with E-state index in [1.807, 2.05) is 0 Å². The third kappa shape index (κ3) is 4.50. The summed E-state index contributed by atoms with van der Waals surface area (Å²) < 4.78 is 47.9. The van der Waals surface area contributed by atoms with Crippen LogP contribution in [0.2, 0.25) is 0 Å². The molecule has 1 aliphatic rings. The van der Waals surface area contributed by atoms with Crippen molar-refractivity contribution in [3.8, 4) is 0 Å². The molecular weight excluding hydrogens is 437 g/mol. The van der Waals surface area contributed by atoms with Crippen LogP contribution < -0.4 is 5.32 Å². The van der Waals surface area contributed by atoms with E-state index in [1.165, 1.54) is 28.6 Å². The van der Waals surface area contributed by atoms with Crippen LogP contribution in [0, 0.1) is 5.82 Å². The molecule has 0 spiro atoms. The summed E-state index contributed by atoms with van der Waals surface area (Å²) in [5.74, 6) is -0.793. The molecule has 170 valence electrons. The van der Waals surface area contributed by atoms with Gasteiger partial charge in [-0.3, -0.25) is 4.79 Å². The molecule has 0 radical (unpaired) electrons. The highest BCUT2D eigenvalue weighted by Gasteiger charge is 2.39. The van der Waals surface area contributed by atoms with Gasteiger partial charge in [0.15, 0.2) is 0 Å². The molecule has 1 N–H and O–H groups in total. The molecule has 1 aromatic heterocycles. The fraction of sp³-hybridized carbons (Fsp3) is 0.381. The number of rotatable bonds is 8. The minimum Gasteiger partial charge on any atom is -0.383 e. The highest BCUT2D eigenvalue weighted by atomic mass is 32.2. The van der Waals surface area contributed by atoms with Gasteiger partial charge < -0.3 is 10.1 Å². The van der Waals surface area contributed by atoms with Crippen LogP contribution in [0.15, 0.2) is 47.4 Å². The number of nitrogens with one attached hydrogen (secondary N) is 1. The minimum atomic E-state index is -3.91. The van der Waals surface area contributed by atoms with Crippen LogP contribution in [0.3, 0.4) is 0 Å². The molecule has 32 heavy (non-hydrogen) atoms. The zero-order chi connectivity index (χ0) is 22.7. The van der Waals surface area contributed by atoms with Crippen molar-refractivity contribution in [1.29, 1.82) is 0 Å². The second-order valence-corrected chi connectivity index (χ2v) is 9.47. The van der Waals surface area contributed by atoms with Gasteiger partial charge in [0.1, 0.15) is 17.4 Å². The summed E-state index contributed by atoms with van der Waals surface area (Å²) in [6.07, 6.45) is 0.996. The van der Waals surface area contributed by atoms with E-state index >= 15 is 0 Å². The molecule has 3 aromatic rings. The predicted molar refractivity (Wildman–Crippen MR) is 115 cm³/mol. The molecule has 9 nitrogen and oxygen atoms in total. The Bertz CT molecular complexity index is 1230. The summed E-state index contributed by atoms with van der Waals surface area (Å²) >= 11 is 0. The van der Waals surface area contributed by atoms with Crippen molar-refractivity contribution in [2.24, 2.45) is 0 Å². The molecule has 4 rings (SSSR count). The number of nitrogens with zero attached hydrogens (tertiary/aromatic N) is 4. The van der Waals surface area contributed by atoms with Gasteiger partial charge in [0.05, 0.1) is 23.6 Å². The third-order valence-corrected chi connectivity index (χ3v) is 7.37. The number of aromatic nitrogens is 3. The molecule has 0 bridgehead atoms. The topological polar surface area (TPSA) is 106 Å². The molecule has 0 aliphatic carbocycles. The van der Waals surface area contributed by atoms with Crippen molar-refractivity contribution in [3.05, 3.63) is 53.8 Å². The molecule has 1 saturated heterocycles. The summed E-state index contributed by atoms with van der Waals surface area (Å²) in [6.45, 7) is 1.33. The Morgan fingerprint density at radius 3 is 2.91 bits per heavy atom. The number of sulfonamides is 1. The van der Waals surface area contributed by atoms with Crippen molar-refractivity contribution in [2.75, 3.05) is 20.3 Å².